The lowest BCUT2D eigenvalue weighted by molar-refractivity contribution is 0.0764. The lowest BCUT2D eigenvalue weighted by Crippen LogP contribution is -2.63. The second kappa shape index (κ2) is 2.39. The summed E-state index contributed by atoms with van der Waals surface area (Å²) >= 11 is 0. The Balaban J connectivity index is 2.16. The molecule has 3 nitrogen and oxygen atoms in total. The van der Waals surface area contributed by atoms with Gasteiger partial charge in [-0.2, -0.15) is 0 Å². The van der Waals surface area contributed by atoms with Gasteiger partial charge >= 0.3 is 0 Å². The molecular formula is C9H17N3. The van der Waals surface area contributed by atoms with Gasteiger partial charge in [-0.15, -0.1) is 0 Å². The summed E-state index contributed by atoms with van der Waals surface area (Å²) in [4.78, 5) is 4.71. The fraction of sp³-hybridized carbons (Fsp3) is 0.778. The van der Waals surface area contributed by atoms with Crippen molar-refractivity contribution in [1.29, 1.82) is 0 Å². The van der Waals surface area contributed by atoms with Crippen LogP contribution in [-0.2, 0) is 0 Å². The monoisotopic (exact) mass is 167 g/mol. The van der Waals surface area contributed by atoms with Crippen molar-refractivity contribution in [1.82, 2.24) is 9.80 Å². The molecule has 1 atom stereocenters. The topological polar surface area (TPSA) is 32.5 Å². The van der Waals surface area contributed by atoms with E-state index < -0.39 is 0 Å². The van der Waals surface area contributed by atoms with Crippen molar-refractivity contribution in [3.8, 4) is 0 Å². The van der Waals surface area contributed by atoms with Gasteiger partial charge in [0.1, 0.15) is 0 Å². The molecule has 0 amide bonds. The SMILES string of the molecule is CC(C)(N)C1CN2C=CN1CC2. The number of nitrogens with zero attached hydrogens (tertiary/aromatic N) is 2. The van der Waals surface area contributed by atoms with Crippen LogP contribution in [0.4, 0.5) is 0 Å². The van der Waals surface area contributed by atoms with Crippen LogP contribution in [0, 0.1) is 0 Å². The molecular weight excluding hydrogens is 150 g/mol. The van der Waals surface area contributed by atoms with E-state index in [9.17, 15) is 0 Å². The summed E-state index contributed by atoms with van der Waals surface area (Å²) in [5, 5.41) is 0. The van der Waals surface area contributed by atoms with Crippen LogP contribution < -0.4 is 5.73 Å². The number of fused-ring (bicyclic) bond motifs is 2. The lowest BCUT2D eigenvalue weighted by atomic mass is 9.91. The molecule has 3 heteroatoms. The molecule has 3 aliphatic heterocycles. The van der Waals surface area contributed by atoms with Crippen molar-refractivity contribution in [2.24, 2.45) is 5.73 Å². The molecule has 0 aromatic heterocycles. The second-order valence-corrected chi connectivity index (χ2v) is 4.37. The van der Waals surface area contributed by atoms with E-state index in [1.807, 2.05) is 0 Å². The Labute approximate surface area is 73.8 Å². The molecule has 0 aromatic carbocycles. The number of nitrogens with two attached hydrogens (primary N) is 1. The van der Waals surface area contributed by atoms with Crippen molar-refractivity contribution in [2.45, 2.75) is 25.4 Å². The van der Waals surface area contributed by atoms with E-state index in [0.717, 1.165) is 19.6 Å². The zero-order chi connectivity index (χ0) is 8.77. The third-order valence-electron chi connectivity index (χ3n) is 2.78. The van der Waals surface area contributed by atoms with E-state index in [4.69, 9.17) is 5.73 Å². The number of hydrogen-bond donors (Lipinski definition) is 1. The number of rotatable bonds is 1. The molecule has 3 heterocycles. The van der Waals surface area contributed by atoms with Gasteiger partial charge in [0, 0.05) is 37.6 Å². The predicted molar refractivity (Wildman–Crippen MR) is 49.5 cm³/mol. The minimum atomic E-state index is -0.0938. The van der Waals surface area contributed by atoms with Crippen LogP contribution in [0.1, 0.15) is 13.8 Å². The minimum Gasteiger partial charge on any atom is -0.372 e. The van der Waals surface area contributed by atoms with Crippen LogP contribution in [0.3, 0.4) is 0 Å². The Morgan fingerprint density at radius 2 is 2.08 bits per heavy atom. The van der Waals surface area contributed by atoms with Gasteiger partial charge in [-0.1, -0.05) is 0 Å². The molecule has 1 saturated heterocycles. The third-order valence-corrected chi connectivity index (χ3v) is 2.78. The van der Waals surface area contributed by atoms with E-state index in [0.29, 0.717) is 6.04 Å². The first-order valence-electron chi connectivity index (χ1n) is 4.54. The molecule has 3 aliphatic rings. The minimum absolute atomic E-state index is 0.0938. The van der Waals surface area contributed by atoms with Crippen LogP contribution in [0.15, 0.2) is 12.4 Å². The van der Waals surface area contributed by atoms with Gasteiger partial charge in [0.05, 0.1) is 6.04 Å². The highest BCUT2D eigenvalue weighted by Gasteiger charge is 2.35. The van der Waals surface area contributed by atoms with E-state index >= 15 is 0 Å². The lowest BCUT2D eigenvalue weighted by Gasteiger charge is -2.49. The van der Waals surface area contributed by atoms with E-state index in [1.165, 1.54) is 0 Å². The molecule has 0 aliphatic carbocycles. The molecule has 68 valence electrons. The highest BCUT2D eigenvalue weighted by molar-refractivity contribution is 5.06. The maximum atomic E-state index is 6.09. The number of hydrogen-bond acceptors (Lipinski definition) is 3. The van der Waals surface area contributed by atoms with Crippen LogP contribution in [0.5, 0.6) is 0 Å². The van der Waals surface area contributed by atoms with Crippen molar-refractivity contribution >= 4 is 0 Å². The van der Waals surface area contributed by atoms with Crippen molar-refractivity contribution in [3.63, 3.8) is 0 Å². The second-order valence-electron chi connectivity index (χ2n) is 4.37. The highest BCUT2D eigenvalue weighted by atomic mass is 15.3. The summed E-state index contributed by atoms with van der Waals surface area (Å²) in [6, 6.07) is 0.483. The average molecular weight is 167 g/mol. The maximum absolute atomic E-state index is 6.09. The summed E-state index contributed by atoms with van der Waals surface area (Å²) in [6.07, 6.45) is 4.32. The molecule has 12 heavy (non-hydrogen) atoms. The van der Waals surface area contributed by atoms with E-state index in [-0.39, 0.29) is 5.54 Å². The standard InChI is InChI=1S/C9H17N3/c1-9(2,10)8-7-11-3-5-12(8)6-4-11/h3,5,8H,4,6-7,10H2,1-2H3. The molecule has 1 fully saturated rings. The van der Waals surface area contributed by atoms with Crippen LogP contribution in [0.2, 0.25) is 0 Å². The smallest absolute Gasteiger partial charge is 0.0634 e. The van der Waals surface area contributed by atoms with Crippen molar-refractivity contribution < 1.29 is 0 Å². The Morgan fingerprint density at radius 3 is 2.33 bits per heavy atom. The Hall–Kier alpha value is -0.700. The van der Waals surface area contributed by atoms with E-state index in [2.05, 4.69) is 36.0 Å². The van der Waals surface area contributed by atoms with Gasteiger partial charge in [0.2, 0.25) is 0 Å². The first-order chi connectivity index (χ1) is 5.57. The van der Waals surface area contributed by atoms with Gasteiger partial charge in [-0.3, -0.25) is 0 Å². The zero-order valence-electron chi connectivity index (χ0n) is 7.83. The first-order valence-corrected chi connectivity index (χ1v) is 4.54. The third kappa shape index (κ3) is 1.18. The Bertz CT molecular complexity index is 204. The molecule has 2 N–H and O–H groups in total. The molecule has 1 unspecified atom stereocenters. The largest absolute Gasteiger partial charge is 0.372 e. The van der Waals surface area contributed by atoms with Crippen molar-refractivity contribution in [3.05, 3.63) is 12.4 Å². The normalized spacial score (nSPS) is 28.4. The molecule has 0 aromatic rings. The van der Waals surface area contributed by atoms with Gasteiger partial charge in [-0.05, 0) is 13.8 Å². The van der Waals surface area contributed by atoms with Crippen LogP contribution in [-0.4, -0.2) is 41.0 Å². The van der Waals surface area contributed by atoms with Gasteiger partial charge in [0.15, 0.2) is 0 Å². The van der Waals surface area contributed by atoms with E-state index in [1.54, 1.807) is 0 Å². The van der Waals surface area contributed by atoms with Crippen molar-refractivity contribution in [2.75, 3.05) is 19.6 Å². The maximum Gasteiger partial charge on any atom is 0.0634 e. The summed E-state index contributed by atoms with van der Waals surface area (Å²) in [5.41, 5.74) is 6.00. The Morgan fingerprint density at radius 1 is 1.33 bits per heavy atom. The molecule has 0 spiro atoms. The Kier molecular flexibility index (Phi) is 1.58. The highest BCUT2D eigenvalue weighted by Crippen LogP contribution is 2.23. The summed E-state index contributed by atoms with van der Waals surface area (Å²) in [7, 11) is 0. The van der Waals surface area contributed by atoms with Gasteiger partial charge in [0.25, 0.3) is 0 Å². The molecule has 2 bridgehead atoms. The summed E-state index contributed by atoms with van der Waals surface area (Å²) < 4.78 is 0. The quantitative estimate of drug-likeness (QED) is 0.605. The molecule has 0 saturated carbocycles. The van der Waals surface area contributed by atoms with Gasteiger partial charge < -0.3 is 15.5 Å². The predicted octanol–water partition coefficient (Wildman–Crippen LogP) is 0.195. The van der Waals surface area contributed by atoms with Crippen LogP contribution >= 0.6 is 0 Å². The molecule has 0 radical (unpaired) electrons. The average Bonchev–Trinajstić information content (AvgIpc) is 2.05. The van der Waals surface area contributed by atoms with Crippen LogP contribution in [0.25, 0.3) is 0 Å². The molecule has 3 rings (SSSR count). The summed E-state index contributed by atoms with van der Waals surface area (Å²) in [5.74, 6) is 0. The number of piperazine rings is 1. The fourth-order valence-electron chi connectivity index (χ4n) is 1.97. The first kappa shape index (κ1) is 7.92. The summed E-state index contributed by atoms with van der Waals surface area (Å²) in [6.45, 7) is 7.57. The fourth-order valence-corrected chi connectivity index (χ4v) is 1.97. The van der Waals surface area contributed by atoms with Gasteiger partial charge in [-0.25, -0.2) is 0 Å². The zero-order valence-corrected chi connectivity index (χ0v) is 7.83.